The summed E-state index contributed by atoms with van der Waals surface area (Å²) in [6.07, 6.45) is 0. The lowest BCUT2D eigenvalue weighted by molar-refractivity contribution is 0.426. The maximum Gasteiger partial charge on any atom is 0.490 e. The Balaban J connectivity index is 2.14. The van der Waals surface area contributed by atoms with Gasteiger partial charge in [-0.3, -0.25) is 0 Å². The van der Waals surface area contributed by atoms with E-state index in [2.05, 4.69) is 5.32 Å². The first kappa shape index (κ1) is 17.1. The van der Waals surface area contributed by atoms with Crippen LogP contribution < -0.4 is 15.5 Å². The Morgan fingerprint density at radius 3 is 2.59 bits per heavy atom. The molecule has 0 unspecified atom stereocenters. The van der Waals surface area contributed by atoms with E-state index < -0.39 is 7.12 Å². The second kappa shape index (κ2) is 7.31. The van der Waals surface area contributed by atoms with Crippen molar-refractivity contribution in [2.75, 3.05) is 5.32 Å². The maximum absolute atomic E-state index is 9.23. The monoisotopic (exact) mass is 355 g/mol. The molecule has 0 saturated carbocycles. The number of anilines is 1. The summed E-state index contributed by atoms with van der Waals surface area (Å²) >= 11 is 17.1. The minimum Gasteiger partial charge on any atom is -0.431 e. The van der Waals surface area contributed by atoms with E-state index in [4.69, 9.17) is 40.2 Å². The number of aryl methyl sites for hydroxylation is 1. The first-order chi connectivity index (χ1) is 10.4. The molecule has 2 aromatic rings. The van der Waals surface area contributed by atoms with Gasteiger partial charge in [-0.25, -0.2) is 0 Å². The summed E-state index contributed by atoms with van der Waals surface area (Å²) in [6, 6.07) is 9.95. The summed E-state index contributed by atoms with van der Waals surface area (Å²) in [6.45, 7) is 1.85. The molecule has 4 nitrogen and oxygen atoms in total. The Labute approximate surface area is 143 Å². The Bertz CT molecular complexity index is 712. The molecule has 0 bridgehead atoms. The summed E-state index contributed by atoms with van der Waals surface area (Å²) < 4.78 is 5.54. The molecule has 0 amide bonds. The molecule has 0 aliphatic heterocycles. The van der Waals surface area contributed by atoms with Crippen LogP contribution in [-0.2, 0) is 0 Å². The zero-order valence-electron chi connectivity index (χ0n) is 11.5. The average Bonchev–Trinajstić information content (AvgIpc) is 2.44. The lowest BCUT2D eigenvalue weighted by Gasteiger charge is -2.14. The number of hydrogen-bond acceptors (Lipinski definition) is 4. The Kier molecular flexibility index (Phi) is 5.66. The van der Waals surface area contributed by atoms with E-state index in [0.717, 1.165) is 5.56 Å². The highest BCUT2D eigenvalue weighted by Gasteiger charge is 2.18. The third kappa shape index (κ3) is 4.12. The molecule has 2 aromatic carbocycles. The number of ether oxygens (including phenoxy) is 1. The van der Waals surface area contributed by atoms with Crippen LogP contribution in [0.3, 0.4) is 0 Å². The fourth-order valence-electron chi connectivity index (χ4n) is 1.81. The van der Waals surface area contributed by atoms with Crippen molar-refractivity contribution >= 4 is 58.9 Å². The Hall–Kier alpha value is -1.31. The van der Waals surface area contributed by atoms with E-state index in [0.29, 0.717) is 16.5 Å². The highest BCUT2D eigenvalue weighted by Crippen LogP contribution is 2.23. The molecule has 0 atom stereocenters. The van der Waals surface area contributed by atoms with Crippen molar-refractivity contribution in [2.24, 2.45) is 0 Å². The van der Waals surface area contributed by atoms with Crippen LogP contribution >= 0.6 is 35.4 Å². The molecule has 3 N–H and O–H groups in total. The number of halogens is 2. The molecule has 0 fully saturated rings. The van der Waals surface area contributed by atoms with Gasteiger partial charge in [-0.05, 0) is 49.0 Å². The van der Waals surface area contributed by atoms with Crippen molar-refractivity contribution in [2.45, 2.75) is 6.92 Å². The van der Waals surface area contributed by atoms with Gasteiger partial charge < -0.3 is 20.1 Å². The fourth-order valence-corrected chi connectivity index (χ4v) is 2.51. The van der Waals surface area contributed by atoms with Crippen LogP contribution in [0.1, 0.15) is 5.56 Å². The minimum atomic E-state index is -1.66. The fraction of sp³-hybridized carbons (Fsp3) is 0.0714. The zero-order chi connectivity index (χ0) is 16.3. The van der Waals surface area contributed by atoms with Gasteiger partial charge in [0.15, 0.2) is 0 Å². The highest BCUT2D eigenvalue weighted by atomic mass is 35.5. The molecule has 0 saturated heterocycles. The van der Waals surface area contributed by atoms with Gasteiger partial charge in [0.25, 0.3) is 5.17 Å². The summed E-state index contributed by atoms with van der Waals surface area (Å²) in [4.78, 5) is 0. The molecule has 0 aliphatic rings. The van der Waals surface area contributed by atoms with E-state index in [1.54, 1.807) is 30.3 Å². The normalized spacial score (nSPS) is 10.2. The summed E-state index contributed by atoms with van der Waals surface area (Å²) in [5.74, 6) is 0.566. The molecule has 0 spiro atoms. The van der Waals surface area contributed by atoms with E-state index in [-0.39, 0.29) is 15.7 Å². The molecule has 0 radical (unpaired) electrons. The smallest absolute Gasteiger partial charge is 0.431 e. The molecular formula is C14H12BCl2NO3S. The van der Waals surface area contributed by atoms with Gasteiger partial charge in [-0.2, -0.15) is 0 Å². The first-order valence-corrected chi connectivity index (χ1v) is 7.44. The van der Waals surface area contributed by atoms with Crippen LogP contribution in [-0.4, -0.2) is 22.3 Å². The molecule has 8 heteroatoms. The average molecular weight is 356 g/mol. The van der Waals surface area contributed by atoms with Crippen molar-refractivity contribution in [3.63, 3.8) is 0 Å². The van der Waals surface area contributed by atoms with Crippen LogP contribution in [0.25, 0.3) is 0 Å². The quantitative estimate of drug-likeness (QED) is 0.583. The molecule has 114 valence electrons. The van der Waals surface area contributed by atoms with Crippen molar-refractivity contribution in [1.82, 2.24) is 0 Å². The minimum absolute atomic E-state index is 0.0805. The van der Waals surface area contributed by atoms with Gasteiger partial charge in [0.2, 0.25) is 0 Å². The molecule has 22 heavy (non-hydrogen) atoms. The third-order valence-electron chi connectivity index (χ3n) is 2.88. The van der Waals surface area contributed by atoms with Crippen LogP contribution in [0.2, 0.25) is 10.0 Å². The summed E-state index contributed by atoms with van der Waals surface area (Å²) in [7, 11) is -1.66. The highest BCUT2D eigenvalue weighted by molar-refractivity contribution is 7.80. The van der Waals surface area contributed by atoms with Gasteiger partial charge in [-0.1, -0.05) is 35.3 Å². The second-order valence-corrected chi connectivity index (χ2v) is 5.69. The number of hydrogen-bond donors (Lipinski definition) is 3. The number of thiocarbonyl (C=S) groups is 1. The van der Waals surface area contributed by atoms with Gasteiger partial charge in [0.1, 0.15) is 5.75 Å². The van der Waals surface area contributed by atoms with Gasteiger partial charge in [0, 0.05) is 10.5 Å². The number of rotatable bonds is 3. The Morgan fingerprint density at radius 1 is 1.23 bits per heavy atom. The molecule has 0 aliphatic carbocycles. The van der Waals surface area contributed by atoms with E-state index >= 15 is 0 Å². The lowest BCUT2D eigenvalue weighted by atomic mass is 9.80. The molecule has 0 heterocycles. The lowest BCUT2D eigenvalue weighted by Crippen LogP contribution is -2.31. The number of benzene rings is 2. The summed E-state index contributed by atoms with van der Waals surface area (Å²) in [5, 5.41) is 22.1. The van der Waals surface area contributed by atoms with Crippen molar-refractivity contribution in [3.8, 4) is 5.75 Å². The Morgan fingerprint density at radius 2 is 1.95 bits per heavy atom. The van der Waals surface area contributed by atoms with Crippen molar-refractivity contribution in [1.29, 1.82) is 0 Å². The predicted octanol–water partition coefficient (Wildman–Crippen LogP) is 2.76. The number of nitrogens with one attached hydrogen (secondary N) is 1. The topological polar surface area (TPSA) is 61.7 Å². The second-order valence-electron chi connectivity index (χ2n) is 4.51. The molecule has 2 rings (SSSR count). The van der Waals surface area contributed by atoms with Gasteiger partial charge in [-0.15, -0.1) is 0 Å². The van der Waals surface area contributed by atoms with Crippen molar-refractivity contribution < 1.29 is 14.8 Å². The maximum atomic E-state index is 9.23. The van der Waals surface area contributed by atoms with Crippen LogP contribution in [0, 0.1) is 6.92 Å². The van der Waals surface area contributed by atoms with E-state index in [9.17, 15) is 10.0 Å². The SMILES string of the molecule is Cc1cc(Cl)ccc1OC(=S)Nc1cccc(B(O)O)c1Cl. The third-order valence-corrected chi connectivity index (χ3v) is 3.73. The predicted molar refractivity (Wildman–Crippen MR) is 94.3 cm³/mol. The largest absolute Gasteiger partial charge is 0.490 e. The van der Waals surface area contributed by atoms with Crippen LogP contribution in [0.4, 0.5) is 5.69 Å². The van der Waals surface area contributed by atoms with Crippen LogP contribution in [0.15, 0.2) is 36.4 Å². The standard InChI is InChI=1S/C14H12BCl2NO3S/c1-8-7-9(16)5-6-12(8)21-14(22)18-11-4-2-3-10(13(11)17)15(19)20/h2-7,19-20H,1H3,(H,18,22). The van der Waals surface area contributed by atoms with Gasteiger partial charge in [0.05, 0.1) is 10.7 Å². The zero-order valence-corrected chi connectivity index (χ0v) is 13.8. The van der Waals surface area contributed by atoms with Crippen LogP contribution in [0.5, 0.6) is 5.75 Å². The first-order valence-electron chi connectivity index (χ1n) is 6.28. The van der Waals surface area contributed by atoms with E-state index in [1.165, 1.54) is 6.07 Å². The van der Waals surface area contributed by atoms with Crippen molar-refractivity contribution in [3.05, 3.63) is 52.0 Å². The molecule has 0 aromatic heterocycles. The molecular weight excluding hydrogens is 344 g/mol. The van der Waals surface area contributed by atoms with Gasteiger partial charge >= 0.3 is 7.12 Å². The summed E-state index contributed by atoms with van der Waals surface area (Å²) in [5.41, 5.74) is 1.43. The van der Waals surface area contributed by atoms with E-state index in [1.807, 2.05) is 6.92 Å².